The molecule has 0 aliphatic carbocycles. The van der Waals surface area contributed by atoms with Crippen molar-refractivity contribution in [1.29, 1.82) is 0 Å². The highest BCUT2D eigenvalue weighted by molar-refractivity contribution is 6.30. The van der Waals surface area contributed by atoms with Gasteiger partial charge in [0, 0.05) is 6.20 Å². The molecule has 1 atom stereocenters. The van der Waals surface area contributed by atoms with Crippen LogP contribution in [0, 0.1) is 0 Å². The second-order valence-corrected chi connectivity index (χ2v) is 5.69. The van der Waals surface area contributed by atoms with Gasteiger partial charge in [0.2, 0.25) is 0 Å². The number of carbonyl (C=O) groups excluding carboxylic acids is 2. The topological polar surface area (TPSA) is 89.5 Å². The molecule has 28 heavy (non-hydrogen) atoms. The third kappa shape index (κ3) is 5.03. The largest absolute Gasteiger partial charge is 0.461 e. The van der Waals surface area contributed by atoms with Crippen LogP contribution in [0.25, 0.3) is 0 Å². The molecule has 2 rings (SSSR count). The molecule has 0 bridgehead atoms. The maximum absolute atomic E-state index is 13.9. The van der Waals surface area contributed by atoms with E-state index < -0.39 is 23.9 Å². The number of esters is 1. The fourth-order valence-electron chi connectivity index (χ4n) is 2.02. The van der Waals surface area contributed by atoms with Gasteiger partial charge < -0.3 is 9.47 Å². The van der Waals surface area contributed by atoms with E-state index in [-0.39, 0.29) is 23.2 Å². The molecule has 0 radical (unpaired) electrons. The molecule has 0 fully saturated rings. The summed E-state index contributed by atoms with van der Waals surface area (Å²) in [6.07, 6.45) is -4.17. The van der Waals surface area contributed by atoms with Crippen LogP contribution in [0.2, 0.25) is 5.02 Å². The second-order valence-electron chi connectivity index (χ2n) is 5.26. The first-order valence-corrected chi connectivity index (χ1v) is 8.24. The van der Waals surface area contributed by atoms with Crippen LogP contribution in [0.4, 0.5) is 23.8 Å². The summed E-state index contributed by atoms with van der Waals surface area (Å²) in [4.78, 5) is 28.1. The van der Waals surface area contributed by atoms with Crippen LogP contribution < -0.4 is 15.4 Å². The zero-order valence-electron chi connectivity index (χ0n) is 14.4. The van der Waals surface area contributed by atoms with E-state index in [1.165, 1.54) is 54.8 Å². The summed E-state index contributed by atoms with van der Waals surface area (Å²) < 4.78 is 51.1. The summed E-state index contributed by atoms with van der Waals surface area (Å²) in [7, 11) is 0. The number of anilines is 1. The van der Waals surface area contributed by atoms with Crippen LogP contribution in [0.1, 0.15) is 6.92 Å². The highest BCUT2D eigenvalue weighted by Gasteiger charge is 2.66. The normalized spacial score (nSPS) is 13.2. The van der Waals surface area contributed by atoms with E-state index in [0.29, 0.717) is 0 Å². The van der Waals surface area contributed by atoms with Gasteiger partial charge in [-0.3, -0.25) is 10.6 Å². The van der Waals surface area contributed by atoms with E-state index in [1.54, 1.807) is 6.07 Å². The van der Waals surface area contributed by atoms with E-state index in [2.05, 4.69) is 15.0 Å². The molecule has 1 aromatic carbocycles. The molecule has 150 valence electrons. The Bertz CT molecular complexity index is 819. The first kappa shape index (κ1) is 21.3. The van der Waals surface area contributed by atoms with Gasteiger partial charge in [0.25, 0.3) is 0 Å². The number of pyridine rings is 1. The third-order valence-corrected chi connectivity index (χ3v) is 3.46. The fourth-order valence-corrected chi connectivity index (χ4v) is 2.13. The molecule has 2 aromatic rings. The van der Waals surface area contributed by atoms with E-state index in [0.717, 1.165) is 0 Å². The van der Waals surface area contributed by atoms with Crippen molar-refractivity contribution in [3.05, 3.63) is 53.7 Å². The van der Waals surface area contributed by atoms with E-state index >= 15 is 0 Å². The van der Waals surface area contributed by atoms with Gasteiger partial charge in [0.15, 0.2) is 0 Å². The Hall–Kier alpha value is -3.01. The molecule has 0 aliphatic rings. The number of rotatable bonds is 6. The number of urea groups is 1. The fraction of sp³-hybridized carbons (Fsp3) is 0.235. The summed E-state index contributed by atoms with van der Waals surface area (Å²) in [5.74, 6) is -2.23. The molecule has 1 heterocycles. The van der Waals surface area contributed by atoms with E-state index in [9.17, 15) is 22.8 Å². The average molecular weight is 418 g/mol. The van der Waals surface area contributed by atoms with Crippen molar-refractivity contribution in [2.45, 2.75) is 18.8 Å². The van der Waals surface area contributed by atoms with Crippen LogP contribution in [0.3, 0.4) is 0 Å². The Kier molecular flexibility index (Phi) is 6.68. The maximum atomic E-state index is 13.9. The zero-order valence-corrected chi connectivity index (χ0v) is 15.2. The van der Waals surface area contributed by atoms with Gasteiger partial charge in [-0.25, -0.2) is 14.6 Å². The van der Waals surface area contributed by atoms with Crippen molar-refractivity contribution in [2.75, 3.05) is 11.9 Å². The number of carbonyl (C=O) groups is 2. The molecule has 0 saturated heterocycles. The highest BCUT2D eigenvalue weighted by Crippen LogP contribution is 2.34. The summed E-state index contributed by atoms with van der Waals surface area (Å²) in [6.45, 7) is 0.954. The molecule has 0 spiro atoms. The lowest BCUT2D eigenvalue weighted by molar-refractivity contribution is -0.259. The number of benzene rings is 1. The predicted octanol–water partition coefficient (Wildman–Crippen LogP) is 3.76. The minimum atomic E-state index is -5.35. The summed E-state index contributed by atoms with van der Waals surface area (Å²) in [5.41, 5.74) is -3.78. The van der Waals surface area contributed by atoms with E-state index in [4.69, 9.17) is 16.3 Å². The van der Waals surface area contributed by atoms with Gasteiger partial charge in [-0.2, -0.15) is 13.2 Å². The Balaban J connectivity index is 2.36. The Morgan fingerprint density at radius 1 is 1.14 bits per heavy atom. The van der Waals surface area contributed by atoms with Crippen molar-refractivity contribution in [3.63, 3.8) is 0 Å². The summed E-state index contributed by atoms with van der Waals surface area (Å²) >= 11 is 5.66. The highest BCUT2D eigenvalue weighted by atomic mass is 35.5. The third-order valence-electron chi connectivity index (χ3n) is 3.23. The number of amides is 2. The number of alkyl halides is 3. The number of hydrogen-bond donors (Lipinski definition) is 2. The quantitative estimate of drug-likeness (QED) is 0.552. The number of hydrogen-bond acceptors (Lipinski definition) is 5. The minimum absolute atomic E-state index is 0.0958. The van der Waals surface area contributed by atoms with Crippen LogP contribution in [0.5, 0.6) is 5.75 Å². The molecule has 2 N–H and O–H groups in total. The number of halogens is 4. The zero-order chi connectivity index (χ0) is 20.8. The van der Waals surface area contributed by atoms with Crippen LogP contribution in [-0.4, -0.2) is 35.5 Å². The number of ether oxygens (including phenoxy) is 2. The van der Waals surface area contributed by atoms with Gasteiger partial charge in [0.05, 0.1) is 11.6 Å². The number of nitrogens with one attached hydrogen (secondary N) is 2. The first-order valence-electron chi connectivity index (χ1n) is 7.86. The minimum Gasteiger partial charge on any atom is -0.461 e. The second kappa shape index (κ2) is 8.79. The van der Waals surface area contributed by atoms with E-state index in [1.807, 2.05) is 0 Å². The molecule has 7 nitrogen and oxygen atoms in total. The molecule has 11 heteroatoms. The molecular formula is C17H15ClF3N3O4. The Labute approximate surface area is 162 Å². The van der Waals surface area contributed by atoms with Crippen LogP contribution in [-0.2, 0) is 9.53 Å². The smallest absolute Gasteiger partial charge is 0.460 e. The van der Waals surface area contributed by atoms with Crippen molar-refractivity contribution in [2.24, 2.45) is 0 Å². The molecule has 1 aromatic heterocycles. The van der Waals surface area contributed by atoms with Crippen LogP contribution >= 0.6 is 11.6 Å². The number of para-hydroxylation sites is 1. The molecule has 2 amide bonds. The molecule has 0 aliphatic heterocycles. The van der Waals surface area contributed by atoms with Crippen molar-refractivity contribution >= 4 is 29.4 Å². The molecule has 0 unspecified atom stereocenters. The molecular weight excluding hydrogens is 403 g/mol. The summed E-state index contributed by atoms with van der Waals surface area (Å²) in [5, 5.41) is 3.85. The SMILES string of the molecule is CCOC(=O)[C@@](NC(=O)Nc1ccc(Cl)cn1)(Oc1ccccc1)C(F)(F)F. The summed E-state index contributed by atoms with van der Waals surface area (Å²) in [6, 6.07) is 7.97. The van der Waals surface area contributed by atoms with Gasteiger partial charge in [0.1, 0.15) is 11.6 Å². The predicted molar refractivity (Wildman–Crippen MR) is 93.9 cm³/mol. The average Bonchev–Trinajstić information content (AvgIpc) is 2.63. The lowest BCUT2D eigenvalue weighted by atomic mass is 10.2. The first-order chi connectivity index (χ1) is 13.2. The monoisotopic (exact) mass is 417 g/mol. The van der Waals surface area contributed by atoms with Gasteiger partial charge in [-0.05, 0) is 31.2 Å². The van der Waals surface area contributed by atoms with Crippen molar-refractivity contribution < 1.29 is 32.2 Å². The Morgan fingerprint density at radius 3 is 2.36 bits per heavy atom. The maximum Gasteiger partial charge on any atom is 0.460 e. The number of nitrogens with zero attached hydrogens (tertiary/aromatic N) is 1. The van der Waals surface area contributed by atoms with Gasteiger partial charge in [-0.15, -0.1) is 0 Å². The van der Waals surface area contributed by atoms with Crippen molar-refractivity contribution in [1.82, 2.24) is 10.3 Å². The van der Waals surface area contributed by atoms with Gasteiger partial charge >= 0.3 is 23.9 Å². The van der Waals surface area contributed by atoms with Gasteiger partial charge in [-0.1, -0.05) is 29.8 Å². The van der Waals surface area contributed by atoms with Crippen molar-refractivity contribution in [3.8, 4) is 5.75 Å². The lowest BCUT2D eigenvalue weighted by Crippen LogP contribution is -2.69. The Morgan fingerprint density at radius 2 is 1.82 bits per heavy atom. The van der Waals surface area contributed by atoms with Crippen LogP contribution in [0.15, 0.2) is 48.7 Å². The number of aromatic nitrogens is 1. The lowest BCUT2D eigenvalue weighted by Gasteiger charge is -2.33. The standard InChI is InChI=1S/C17H15ClF3N3O4/c1-2-27-14(25)16(17(19,20)21,28-12-6-4-3-5-7-12)24-15(26)23-13-9-8-11(18)10-22-13/h3-10H,2H2,1H3,(H2,22,23,24,26)/t16-/m1/s1. The molecule has 0 saturated carbocycles.